The number of aliphatic carboxylic acids is 1. The minimum atomic E-state index is -1.12. The summed E-state index contributed by atoms with van der Waals surface area (Å²) in [6.07, 6.45) is 0. The fourth-order valence-corrected chi connectivity index (χ4v) is 1.86. The molecule has 21 heavy (non-hydrogen) atoms. The number of halogens is 1. The Morgan fingerprint density at radius 1 is 1.19 bits per heavy atom. The Morgan fingerprint density at radius 2 is 1.76 bits per heavy atom. The van der Waals surface area contributed by atoms with Crippen molar-refractivity contribution < 1.29 is 14.7 Å². The van der Waals surface area contributed by atoms with E-state index in [1.807, 2.05) is 13.0 Å². The van der Waals surface area contributed by atoms with Gasteiger partial charge in [0.2, 0.25) is 0 Å². The molecular weight excluding hydrogens is 292 g/mol. The first-order valence-electron chi connectivity index (χ1n) is 6.56. The van der Waals surface area contributed by atoms with Gasteiger partial charge in [0.25, 0.3) is 0 Å². The molecule has 0 aliphatic heterocycles. The van der Waals surface area contributed by atoms with Gasteiger partial charge in [-0.3, -0.25) is 4.79 Å². The molecule has 1 aromatic rings. The Kier molecular flexibility index (Phi) is 4.89. The highest BCUT2D eigenvalue weighted by molar-refractivity contribution is 6.33. The average molecular weight is 313 g/mol. The molecule has 1 rings (SSSR count). The molecule has 3 N–H and O–H groups in total. The lowest BCUT2D eigenvalue weighted by molar-refractivity contribution is -0.150. The van der Waals surface area contributed by atoms with Crippen molar-refractivity contribution in [3.05, 3.63) is 28.8 Å². The van der Waals surface area contributed by atoms with E-state index in [4.69, 9.17) is 11.6 Å². The number of carbonyl (C=O) groups excluding carboxylic acids is 1. The van der Waals surface area contributed by atoms with Gasteiger partial charge in [-0.25, -0.2) is 4.79 Å². The molecule has 0 heterocycles. The summed E-state index contributed by atoms with van der Waals surface area (Å²) in [5, 5.41) is 15.0. The van der Waals surface area contributed by atoms with Gasteiger partial charge < -0.3 is 15.7 Å². The summed E-state index contributed by atoms with van der Waals surface area (Å²) in [4.78, 5) is 23.4. The average Bonchev–Trinajstić information content (AvgIpc) is 2.31. The molecule has 0 atom stereocenters. The first-order valence-corrected chi connectivity index (χ1v) is 6.94. The third-order valence-corrected chi connectivity index (χ3v) is 4.21. The van der Waals surface area contributed by atoms with Gasteiger partial charge >= 0.3 is 12.0 Å². The van der Waals surface area contributed by atoms with Crippen molar-refractivity contribution in [2.24, 2.45) is 5.41 Å². The summed E-state index contributed by atoms with van der Waals surface area (Å²) in [7, 11) is 0. The number of urea groups is 1. The maximum atomic E-state index is 12.1. The van der Waals surface area contributed by atoms with E-state index < -0.39 is 23.0 Å². The Balaban J connectivity index is 2.84. The topological polar surface area (TPSA) is 78.4 Å². The quantitative estimate of drug-likeness (QED) is 0.794. The van der Waals surface area contributed by atoms with E-state index in [1.165, 1.54) is 0 Å². The van der Waals surface area contributed by atoms with Crippen LogP contribution in [0.4, 0.5) is 10.5 Å². The molecule has 0 fully saturated rings. The summed E-state index contributed by atoms with van der Waals surface area (Å²) < 4.78 is 0. The highest BCUT2D eigenvalue weighted by Gasteiger charge is 2.44. The number of carboxylic acids is 1. The Hall–Kier alpha value is -1.75. The van der Waals surface area contributed by atoms with Gasteiger partial charge in [0.15, 0.2) is 0 Å². The van der Waals surface area contributed by atoms with Crippen molar-refractivity contribution in [2.45, 2.75) is 40.2 Å². The second-order valence-electron chi connectivity index (χ2n) is 6.12. The zero-order valence-corrected chi connectivity index (χ0v) is 13.6. The number of hydrogen-bond donors (Lipinski definition) is 3. The van der Waals surface area contributed by atoms with Crippen LogP contribution in [0.25, 0.3) is 0 Å². The van der Waals surface area contributed by atoms with Crippen molar-refractivity contribution in [3.63, 3.8) is 0 Å². The van der Waals surface area contributed by atoms with Crippen LogP contribution in [0.1, 0.15) is 33.3 Å². The predicted octanol–water partition coefficient (Wildman–Crippen LogP) is 3.66. The molecule has 1 aromatic carbocycles. The molecule has 0 aliphatic rings. The lowest BCUT2D eigenvalue weighted by atomic mass is 9.74. The van der Waals surface area contributed by atoms with Crippen LogP contribution in [0.5, 0.6) is 0 Å². The third kappa shape index (κ3) is 3.88. The number of benzene rings is 1. The summed E-state index contributed by atoms with van der Waals surface area (Å²) >= 11 is 6.05. The van der Waals surface area contributed by atoms with Crippen molar-refractivity contribution in [3.8, 4) is 0 Å². The first kappa shape index (κ1) is 17.3. The first-order chi connectivity index (χ1) is 9.47. The highest BCUT2D eigenvalue weighted by Crippen LogP contribution is 2.31. The fraction of sp³-hybridized carbons (Fsp3) is 0.467. The molecule has 0 aromatic heterocycles. The zero-order valence-electron chi connectivity index (χ0n) is 12.9. The van der Waals surface area contributed by atoms with E-state index in [9.17, 15) is 14.7 Å². The number of nitrogens with one attached hydrogen (secondary N) is 2. The van der Waals surface area contributed by atoms with E-state index in [0.717, 1.165) is 5.56 Å². The minimum absolute atomic E-state index is 0.431. The monoisotopic (exact) mass is 312 g/mol. The molecule has 2 amide bonds. The van der Waals surface area contributed by atoms with Gasteiger partial charge in [-0.05, 0) is 52.3 Å². The Labute approximate surface area is 129 Å². The van der Waals surface area contributed by atoms with Crippen molar-refractivity contribution in [2.75, 3.05) is 5.32 Å². The molecule has 0 unspecified atom stereocenters. The van der Waals surface area contributed by atoms with E-state index in [-0.39, 0.29) is 0 Å². The summed E-state index contributed by atoms with van der Waals surface area (Å²) in [6.45, 7) is 8.35. The maximum absolute atomic E-state index is 12.1. The van der Waals surface area contributed by atoms with E-state index in [1.54, 1.807) is 39.8 Å². The van der Waals surface area contributed by atoms with Crippen LogP contribution >= 0.6 is 11.6 Å². The van der Waals surface area contributed by atoms with Crippen LogP contribution in [-0.4, -0.2) is 22.6 Å². The SMILES string of the molecule is Cc1ccc(NC(=O)NC(C)(C)C(C)(C)C(=O)O)c(Cl)c1. The van der Waals surface area contributed by atoms with Crippen molar-refractivity contribution in [1.29, 1.82) is 0 Å². The lowest BCUT2D eigenvalue weighted by Gasteiger charge is -2.38. The fourth-order valence-electron chi connectivity index (χ4n) is 1.58. The second-order valence-corrected chi connectivity index (χ2v) is 6.52. The highest BCUT2D eigenvalue weighted by atomic mass is 35.5. The van der Waals surface area contributed by atoms with Crippen molar-refractivity contribution >= 4 is 29.3 Å². The summed E-state index contributed by atoms with van der Waals surface area (Å²) in [5.41, 5.74) is -0.608. The molecule has 0 saturated carbocycles. The van der Waals surface area contributed by atoms with Gasteiger partial charge in [-0.2, -0.15) is 0 Å². The molecule has 0 spiro atoms. The van der Waals surface area contributed by atoms with Crippen LogP contribution < -0.4 is 10.6 Å². The normalized spacial score (nSPS) is 11.9. The van der Waals surface area contributed by atoms with Crippen LogP contribution in [0.15, 0.2) is 18.2 Å². The van der Waals surface area contributed by atoms with Crippen LogP contribution in [-0.2, 0) is 4.79 Å². The second kappa shape index (κ2) is 5.93. The molecule has 5 nitrogen and oxygen atoms in total. The van der Waals surface area contributed by atoms with Gasteiger partial charge in [0.1, 0.15) is 0 Å². The zero-order chi connectivity index (χ0) is 16.4. The minimum Gasteiger partial charge on any atom is -0.481 e. The number of carbonyl (C=O) groups is 2. The predicted molar refractivity (Wildman–Crippen MR) is 83.8 cm³/mol. The standard InChI is InChI=1S/C15H21ClN2O3/c1-9-6-7-11(10(16)8-9)17-13(21)18-15(4,5)14(2,3)12(19)20/h6-8H,1-5H3,(H,19,20)(H2,17,18,21). The van der Waals surface area contributed by atoms with Crippen molar-refractivity contribution in [1.82, 2.24) is 5.32 Å². The lowest BCUT2D eigenvalue weighted by Crippen LogP contribution is -2.57. The third-order valence-electron chi connectivity index (χ3n) is 3.90. The molecule has 6 heteroatoms. The molecule has 0 aliphatic carbocycles. The van der Waals surface area contributed by atoms with Gasteiger partial charge in [0, 0.05) is 0 Å². The number of amides is 2. The largest absolute Gasteiger partial charge is 0.481 e. The summed E-state index contributed by atoms with van der Waals surface area (Å²) in [6, 6.07) is 4.77. The number of aryl methyl sites for hydroxylation is 1. The van der Waals surface area contributed by atoms with Gasteiger partial charge in [0.05, 0.1) is 21.7 Å². The van der Waals surface area contributed by atoms with E-state index in [2.05, 4.69) is 10.6 Å². The number of rotatable bonds is 4. The summed E-state index contributed by atoms with van der Waals surface area (Å²) in [5.74, 6) is -0.985. The number of anilines is 1. The van der Waals surface area contributed by atoms with Gasteiger partial charge in [-0.1, -0.05) is 17.7 Å². The van der Waals surface area contributed by atoms with E-state index >= 15 is 0 Å². The Bertz CT molecular complexity index is 568. The Morgan fingerprint density at radius 3 is 2.24 bits per heavy atom. The molecule has 0 radical (unpaired) electrons. The molecule has 0 saturated heterocycles. The van der Waals surface area contributed by atoms with E-state index in [0.29, 0.717) is 10.7 Å². The number of hydrogen-bond acceptors (Lipinski definition) is 2. The van der Waals surface area contributed by atoms with Crippen LogP contribution in [0.3, 0.4) is 0 Å². The van der Waals surface area contributed by atoms with Gasteiger partial charge in [-0.15, -0.1) is 0 Å². The van der Waals surface area contributed by atoms with Crippen LogP contribution in [0, 0.1) is 12.3 Å². The maximum Gasteiger partial charge on any atom is 0.319 e. The molecule has 116 valence electrons. The smallest absolute Gasteiger partial charge is 0.319 e. The molecule has 0 bridgehead atoms. The number of carboxylic acid groups (broad SMARTS) is 1. The van der Waals surface area contributed by atoms with Crippen LogP contribution in [0.2, 0.25) is 5.02 Å². The molecular formula is C15H21ClN2O3.